The predicted octanol–water partition coefficient (Wildman–Crippen LogP) is 1.62. The maximum absolute atomic E-state index is 5.42. The van der Waals surface area contributed by atoms with Crippen LogP contribution in [0.15, 0.2) is 5.38 Å². The smallest absolute Gasteiger partial charge is 0.107 e. The first-order chi connectivity index (χ1) is 8.81. The summed E-state index contributed by atoms with van der Waals surface area (Å²) in [5.41, 5.74) is 1.20. The summed E-state index contributed by atoms with van der Waals surface area (Å²) in [6, 6.07) is 1.33. The highest BCUT2D eigenvalue weighted by Gasteiger charge is 2.22. The third-order valence-electron chi connectivity index (χ3n) is 3.66. The number of hydrogen-bond acceptors (Lipinski definition) is 5. The van der Waals surface area contributed by atoms with Crippen molar-refractivity contribution in [2.45, 2.75) is 44.4 Å². The van der Waals surface area contributed by atoms with Crippen LogP contribution in [0.2, 0.25) is 0 Å². The second kappa shape index (κ2) is 5.65. The Balaban J connectivity index is 1.48. The number of rotatable bonds is 6. The molecule has 3 rings (SSSR count). The van der Waals surface area contributed by atoms with Crippen molar-refractivity contribution in [3.8, 4) is 0 Å². The molecule has 5 heteroatoms. The number of aromatic nitrogens is 1. The summed E-state index contributed by atoms with van der Waals surface area (Å²) in [5, 5.41) is 6.92. The average molecular weight is 267 g/mol. The standard InChI is InChI=1S/C13H21N3OS/c1-16(12-4-5-17-8-12)7-11-9-18-13(15-11)6-14-10-2-3-10/h9-10,12,14H,2-8H2,1H3. The van der Waals surface area contributed by atoms with Gasteiger partial charge in [-0.25, -0.2) is 4.98 Å². The van der Waals surface area contributed by atoms with E-state index in [4.69, 9.17) is 9.72 Å². The molecule has 0 bridgehead atoms. The fourth-order valence-corrected chi connectivity index (χ4v) is 3.01. The Morgan fingerprint density at radius 3 is 3.11 bits per heavy atom. The third kappa shape index (κ3) is 3.29. The van der Waals surface area contributed by atoms with Gasteiger partial charge in [0.2, 0.25) is 0 Å². The second-order valence-electron chi connectivity index (χ2n) is 5.32. The van der Waals surface area contributed by atoms with Crippen molar-refractivity contribution in [3.05, 3.63) is 16.1 Å². The number of nitrogens with zero attached hydrogens (tertiary/aromatic N) is 2. The van der Waals surface area contributed by atoms with Crippen molar-refractivity contribution in [3.63, 3.8) is 0 Å². The van der Waals surface area contributed by atoms with Gasteiger partial charge < -0.3 is 10.1 Å². The summed E-state index contributed by atoms with van der Waals surface area (Å²) in [6.45, 7) is 3.65. The second-order valence-corrected chi connectivity index (χ2v) is 6.26. The molecule has 18 heavy (non-hydrogen) atoms. The van der Waals surface area contributed by atoms with Crippen LogP contribution < -0.4 is 5.32 Å². The highest BCUT2D eigenvalue weighted by molar-refractivity contribution is 7.09. The lowest BCUT2D eigenvalue weighted by atomic mass is 10.2. The van der Waals surface area contributed by atoms with Gasteiger partial charge in [-0.3, -0.25) is 4.90 Å². The Hall–Kier alpha value is -0.490. The Morgan fingerprint density at radius 1 is 1.50 bits per heavy atom. The van der Waals surface area contributed by atoms with Crippen LogP contribution in [0.5, 0.6) is 0 Å². The van der Waals surface area contributed by atoms with E-state index < -0.39 is 0 Å². The highest BCUT2D eigenvalue weighted by Crippen LogP contribution is 2.20. The van der Waals surface area contributed by atoms with E-state index in [0.717, 1.165) is 38.8 Å². The van der Waals surface area contributed by atoms with Gasteiger partial charge >= 0.3 is 0 Å². The summed E-state index contributed by atoms with van der Waals surface area (Å²) in [5.74, 6) is 0. The van der Waals surface area contributed by atoms with E-state index in [-0.39, 0.29) is 0 Å². The van der Waals surface area contributed by atoms with Crippen molar-refractivity contribution in [2.24, 2.45) is 0 Å². The molecule has 1 aliphatic heterocycles. The summed E-state index contributed by atoms with van der Waals surface area (Å²) in [7, 11) is 2.17. The summed E-state index contributed by atoms with van der Waals surface area (Å²) in [6.07, 6.45) is 3.82. The van der Waals surface area contributed by atoms with Gasteiger partial charge in [0.25, 0.3) is 0 Å². The van der Waals surface area contributed by atoms with E-state index in [0.29, 0.717) is 6.04 Å². The number of nitrogens with one attached hydrogen (secondary N) is 1. The molecule has 100 valence electrons. The topological polar surface area (TPSA) is 37.4 Å². The molecule has 4 nitrogen and oxygen atoms in total. The Bertz CT molecular complexity index is 385. The van der Waals surface area contributed by atoms with E-state index in [9.17, 15) is 0 Å². The van der Waals surface area contributed by atoms with Gasteiger partial charge in [-0.2, -0.15) is 0 Å². The van der Waals surface area contributed by atoms with Crippen molar-refractivity contribution >= 4 is 11.3 Å². The molecule has 0 spiro atoms. The molecule has 1 N–H and O–H groups in total. The van der Waals surface area contributed by atoms with Gasteiger partial charge in [0.1, 0.15) is 5.01 Å². The zero-order valence-corrected chi connectivity index (χ0v) is 11.7. The first kappa shape index (κ1) is 12.5. The van der Waals surface area contributed by atoms with Crippen molar-refractivity contribution in [1.82, 2.24) is 15.2 Å². The minimum atomic E-state index is 0.569. The first-order valence-electron chi connectivity index (χ1n) is 6.76. The molecule has 1 aromatic rings. The lowest BCUT2D eigenvalue weighted by Gasteiger charge is -2.21. The molecule has 1 atom stereocenters. The maximum atomic E-state index is 5.42. The highest BCUT2D eigenvalue weighted by atomic mass is 32.1. The molecular weight excluding hydrogens is 246 g/mol. The number of likely N-dealkylation sites (N-methyl/N-ethyl adjacent to an activating group) is 1. The van der Waals surface area contributed by atoms with Crippen LogP contribution in [0.3, 0.4) is 0 Å². The average Bonchev–Trinajstić information content (AvgIpc) is 2.88. The monoisotopic (exact) mass is 267 g/mol. The minimum Gasteiger partial charge on any atom is -0.380 e. The Kier molecular flexibility index (Phi) is 3.94. The zero-order valence-electron chi connectivity index (χ0n) is 10.9. The van der Waals surface area contributed by atoms with Crippen molar-refractivity contribution < 1.29 is 4.74 Å². The molecule has 1 saturated carbocycles. The van der Waals surface area contributed by atoms with Crippen molar-refractivity contribution in [2.75, 3.05) is 20.3 Å². The molecule has 2 fully saturated rings. The molecular formula is C13H21N3OS. The van der Waals surface area contributed by atoms with Crippen LogP contribution in [0, 0.1) is 0 Å². The van der Waals surface area contributed by atoms with Gasteiger partial charge in [-0.05, 0) is 26.3 Å². The summed E-state index contributed by atoms with van der Waals surface area (Å²) >= 11 is 1.77. The van der Waals surface area contributed by atoms with Crippen LogP contribution in [0.4, 0.5) is 0 Å². The molecule has 1 aliphatic carbocycles. The van der Waals surface area contributed by atoms with E-state index in [1.807, 2.05) is 0 Å². The van der Waals surface area contributed by atoms with Crippen LogP contribution in [0.1, 0.15) is 30.0 Å². The van der Waals surface area contributed by atoms with Gasteiger partial charge in [-0.15, -0.1) is 11.3 Å². The first-order valence-corrected chi connectivity index (χ1v) is 7.64. The summed E-state index contributed by atoms with van der Waals surface area (Å²) < 4.78 is 5.42. The van der Waals surface area contributed by atoms with Gasteiger partial charge in [-0.1, -0.05) is 0 Å². The van der Waals surface area contributed by atoms with Crippen LogP contribution >= 0.6 is 11.3 Å². The largest absolute Gasteiger partial charge is 0.380 e. The molecule has 0 radical (unpaired) electrons. The third-order valence-corrected chi connectivity index (χ3v) is 4.56. The van der Waals surface area contributed by atoms with Gasteiger partial charge in [0.05, 0.1) is 12.3 Å². The lowest BCUT2D eigenvalue weighted by Crippen LogP contribution is -2.31. The molecule has 2 heterocycles. The number of hydrogen-bond donors (Lipinski definition) is 1. The van der Waals surface area contributed by atoms with E-state index in [1.54, 1.807) is 11.3 Å². The van der Waals surface area contributed by atoms with Gasteiger partial charge in [0.15, 0.2) is 0 Å². The van der Waals surface area contributed by atoms with E-state index in [2.05, 4.69) is 22.6 Å². The molecule has 0 amide bonds. The SMILES string of the molecule is CN(Cc1csc(CNC2CC2)n1)C1CCOC1. The number of ether oxygens (including phenoxy) is 1. The maximum Gasteiger partial charge on any atom is 0.107 e. The van der Waals surface area contributed by atoms with Crippen LogP contribution in [-0.2, 0) is 17.8 Å². The Morgan fingerprint density at radius 2 is 2.39 bits per heavy atom. The molecule has 1 unspecified atom stereocenters. The zero-order chi connectivity index (χ0) is 12.4. The predicted molar refractivity (Wildman–Crippen MR) is 72.7 cm³/mol. The molecule has 0 aromatic carbocycles. The van der Waals surface area contributed by atoms with Crippen LogP contribution in [-0.4, -0.2) is 42.2 Å². The lowest BCUT2D eigenvalue weighted by molar-refractivity contribution is 0.156. The van der Waals surface area contributed by atoms with E-state index in [1.165, 1.54) is 23.5 Å². The summed E-state index contributed by atoms with van der Waals surface area (Å²) in [4.78, 5) is 7.06. The fraction of sp³-hybridized carbons (Fsp3) is 0.769. The minimum absolute atomic E-state index is 0.569. The molecule has 1 aromatic heterocycles. The van der Waals surface area contributed by atoms with E-state index >= 15 is 0 Å². The Labute approximate surface area is 112 Å². The van der Waals surface area contributed by atoms with Gasteiger partial charge in [0, 0.05) is 37.2 Å². The fourth-order valence-electron chi connectivity index (χ4n) is 2.28. The normalized spacial score (nSPS) is 24.0. The van der Waals surface area contributed by atoms with Crippen molar-refractivity contribution in [1.29, 1.82) is 0 Å². The van der Waals surface area contributed by atoms with Crippen LogP contribution in [0.25, 0.3) is 0 Å². The number of thiazole rings is 1. The quantitative estimate of drug-likeness (QED) is 0.850. The molecule has 2 aliphatic rings. The molecule has 1 saturated heterocycles.